The van der Waals surface area contributed by atoms with Gasteiger partial charge in [0.2, 0.25) is 0 Å². The van der Waals surface area contributed by atoms with E-state index in [1.54, 1.807) is 0 Å². The maximum Gasteiger partial charge on any atom is 0.453 e. The van der Waals surface area contributed by atoms with Gasteiger partial charge in [-0.3, -0.25) is 0 Å². The van der Waals surface area contributed by atoms with Gasteiger partial charge >= 0.3 is 8.24 Å². The maximum absolute atomic E-state index is 7.00. The average Bonchev–Trinajstić information content (AvgIpc) is 3.41. The Bertz CT molecular complexity index is 2940. The van der Waals surface area contributed by atoms with Gasteiger partial charge in [-0.25, -0.2) is 0 Å². The van der Waals surface area contributed by atoms with Crippen molar-refractivity contribution >= 4 is 75.6 Å². The predicted octanol–water partition coefficient (Wildman–Crippen LogP) is 13.9. The predicted molar refractivity (Wildman–Crippen MR) is 226 cm³/mol. The van der Waals surface area contributed by atoms with Crippen molar-refractivity contribution in [3.05, 3.63) is 216 Å². The molecule has 0 saturated heterocycles. The Balaban J connectivity index is 1.14. The number of benzene rings is 8. The number of rotatable bonds is 5. The van der Waals surface area contributed by atoms with Gasteiger partial charge in [0.1, 0.15) is 16.9 Å². The summed E-state index contributed by atoms with van der Waals surface area (Å²) in [5.41, 5.74) is 5.92. The lowest BCUT2D eigenvalue weighted by Gasteiger charge is -2.46. The molecule has 0 amide bonds. The molecular weight excluding hydrogens is 698 g/mol. The molecule has 3 nitrogen and oxygen atoms in total. The summed E-state index contributed by atoms with van der Waals surface area (Å²) in [6, 6.07) is 64.5. The molecule has 0 radical (unpaired) electrons. The van der Waals surface area contributed by atoms with E-state index in [0.717, 1.165) is 54.8 Å². The molecule has 0 aliphatic carbocycles. The van der Waals surface area contributed by atoms with Crippen molar-refractivity contribution in [1.82, 2.24) is 0 Å². The van der Waals surface area contributed by atoms with Crippen molar-refractivity contribution in [2.24, 2.45) is 0 Å². The van der Waals surface area contributed by atoms with Crippen LogP contribution in [0.1, 0.15) is 22.3 Å². The minimum absolute atomic E-state index is 0.455. The molecular formula is C49H32O3P2. The van der Waals surface area contributed by atoms with Crippen LogP contribution in [0.15, 0.2) is 203 Å². The fourth-order valence-electron chi connectivity index (χ4n) is 8.45. The molecule has 0 N–H and O–H groups in total. The first-order valence-electron chi connectivity index (χ1n) is 18.2. The first kappa shape index (κ1) is 31.4. The van der Waals surface area contributed by atoms with Crippen LogP contribution in [0.5, 0.6) is 5.75 Å². The Morgan fingerprint density at radius 3 is 1.72 bits per heavy atom. The second kappa shape index (κ2) is 12.5. The van der Waals surface area contributed by atoms with Crippen molar-refractivity contribution < 1.29 is 12.9 Å². The Kier molecular flexibility index (Phi) is 7.27. The fraction of sp³-hybridized carbons (Fsp3) is 0.0204. The molecule has 1 unspecified atom stereocenters. The van der Waals surface area contributed by atoms with Gasteiger partial charge in [0.15, 0.2) is 0 Å². The van der Waals surface area contributed by atoms with Crippen molar-refractivity contribution in [2.45, 2.75) is 5.41 Å². The van der Waals surface area contributed by atoms with E-state index in [0.29, 0.717) is 0 Å². The topological polar surface area (TPSA) is 35.5 Å². The summed E-state index contributed by atoms with van der Waals surface area (Å²) in [7, 11) is -2.82. The average molecular weight is 731 g/mol. The van der Waals surface area contributed by atoms with E-state index in [2.05, 4.69) is 188 Å². The van der Waals surface area contributed by atoms with Crippen molar-refractivity contribution in [1.29, 1.82) is 0 Å². The molecule has 256 valence electrons. The van der Waals surface area contributed by atoms with Gasteiger partial charge in [0.25, 0.3) is 0 Å². The van der Waals surface area contributed by atoms with Crippen LogP contribution in [0.4, 0.5) is 0 Å². The first-order chi connectivity index (χ1) is 26.7. The van der Waals surface area contributed by atoms with Gasteiger partial charge < -0.3 is 12.9 Å². The minimum atomic E-state index is -1.90. The largest absolute Gasteiger partial charge is 0.453 e. The van der Waals surface area contributed by atoms with Crippen molar-refractivity contribution in [3.8, 4) is 5.75 Å². The quantitative estimate of drug-likeness (QED) is 0.165. The maximum atomic E-state index is 7.00. The smallest absolute Gasteiger partial charge is 0.390 e. The van der Waals surface area contributed by atoms with Crippen LogP contribution in [0.25, 0.3) is 54.1 Å². The van der Waals surface area contributed by atoms with Crippen LogP contribution in [-0.4, -0.2) is 0 Å². The van der Waals surface area contributed by atoms with Gasteiger partial charge in [0.05, 0.1) is 5.41 Å². The van der Waals surface area contributed by atoms with Gasteiger partial charge in [-0.15, -0.1) is 0 Å². The van der Waals surface area contributed by atoms with Crippen molar-refractivity contribution in [3.63, 3.8) is 0 Å². The number of fused-ring (bicyclic) bond motifs is 7. The normalized spacial score (nSPS) is 17.4. The van der Waals surface area contributed by atoms with E-state index in [-0.39, 0.29) is 0 Å². The van der Waals surface area contributed by atoms with E-state index >= 15 is 0 Å². The second-order valence-electron chi connectivity index (χ2n) is 13.8. The minimum Gasteiger partial charge on any atom is -0.390 e. The highest BCUT2D eigenvalue weighted by Gasteiger charge is 2.46. The molecule has 12 rings (SSSR count). The molecule has 9 aromatic rings. The van der Waals surface area contributed by atoms with Crippen LogP contribution in [0, 0.1) is 0 Å². The number of hydrogen-bond acceptors (Lipinski definition) is 3. The van der Waals surface area contributed by atoms with Gasteiger partial charge in [-0.1, -0.05) is 176 Å². The molecule has 54 heavy (non-hydrogen) atoms. The molecule has 4 heterocycles. The van der Waals surface area contributed by atoms with Crippen LogP contribution >= 0.6 is 16.2 Å². The summed E-state index contributed by atoms with van der Waals surface area (Å²) in [5, 5.41) is 10.6. The summed E-state index contributed by atoms with van der Waals surface area (Å²) in [5.74, 6) is 0.740. The molecule has 2 atom stereocenters. The lowest BCUT2D eigenvalue weighted by atomic mass is 9.72. The Hall–Kier alpha value is -6.11. The number of hydrogen-bond donors (Lipinski definition) is 0. The standard InChI is InChI=1S/C49H32O3P2/c1-3-17-35(18-4-1)45-31-49(36-19-5-2-6-20-36)32-46(53(45)44-26-14-12-24-40(44)49)39-23-11-13-25-41(39)50-54-51-42-29-27-33-15-7-9-21-37(33)47(42)48-38-22-10-8-16-34(38)28-30-43(48)52-54/h1-32H/t49-,53?/m1/s1. The molecule has 0 saturated carbocycles. The lowest BCUT2D eigenvalue weighted by molar-refractivity contribution is 0.497. The molecule has 3 aliphatic heterocycles. The molecule has 1 aromatic heterocycles. The highest BCUT2D eigenvalue weighted by Crippen LogP contribution is 2.70. The van der Waals surface area contributed by atoms with Crippen LogP contribution in [0.3, 0.4) is 0 Å². The molecule has 0 fully saturated rings. The SMILES string of the molecule is C1=C(c2ccccc2)P2C(c3ccccc3Op3oc4ccc5ccccc5c4c4c(ccc5ccccc54)o3)=C[C@]1(c1ccccc1)c1ccccc12. The van der Waals surface area contributed by atoms with E-state index in [9.17, 15) is 0 Å². The van der Waals surface area contributed by atoms with E-state index in [1.165, 1.54) is 32.6 Å². The third-order valence-corrected chi connectivity index (χ3v) is 14.5. The van der Waals surface area contributed by atoms with Gasteiger partial charge in [0, 0.05) is 16.3 Å². The monoisotopic (exact) mass is 730 g/mol. The van der Waals surface area contributed by atoms with E-state index in [4.69, 9.17) is 12.9 Å². The molecule has 3 aliphatic rings. The molecule has 2 bridgehead atoms. The molecule has 0 spiro atoms. The highest BCUT2D eigenvalue weighted by atomic mass is 31.1. The summed E-state index contributed by atoms with van der Waals surface area (Å²) in [6.45, 7) is 0. The summed E-state index contributed by atoms with van der Waals surface area (Å²) < 4.78 is 20.7. The van der Waals surface area contributed by atoms with Crippen LogP contribution in [-0.2, 0) is 5.41 Å². The Morgan fingerprint density at radius 2 is 1.02 bits per heavy atom. The highest BCUT2D eigenvalue weighted by molar-refractivity contribution is 7.85. The van der Waals surface area contributed by atoms with E-state index in [1.807, 2.05) is 6.07 Å². The third-order valence-electron chi connectivity index (χ3n) is 10.8. The second-order valence-corrected chi connectivity index (χ2v) is 16.9. The van der Waals surface area contributed by atoms with Gasteiger partial charge in [-0.2, -0.15) is 0 Å². The zero-order chi connectivity index (χ0) is 35.6. The lowest BCUT2D eigenvalue weighted by Crippen LogP contribution is -2.36. The number of allylic oxidation sites excluding steroid dienone is 2. The fourth-order valence-corrected chi connectivity index (χ4v) is 12.5. The Morgan fingerprint density at radius 1 is 0.463 bits per heavy atom. The van der Waals surface area contributed by atoms with E-state index < -0.39 is 21.6 Å². The van der Waals surface area contributed by atoms with Crippen LogP contribution < -0.4 is 9.83 Å². The van der Waals surface area contributed by atoms with Crippen molar-refractivity contribution in [2.75, 3.05) is 0 Å². The summed E-state index contributed by atoms with van der Waals surface area (Å²) in [6.07, 6.45) is 5.01. The zero-order valence-electron chi connectivity index (χ0n) is 29.1. The summed E-state index contributed by atoms with van der Waals surface area (Å²) in [4.78, 5) is 0. The Labute approximate surface area is 314 Å². The summed E-state index contributed by atoms with van der Waals surface area (Å²) >= 11 is 0. The van der Waals surface area contributed by atoms with Crippen LogP contribution in [0.2, 0.25) is 0 Å². The van der Waals surface area contributed by atoms with Gasteiger partial charge in [-0.05, 0) is 80.3 Å². The number of para-hydroxylation sites is 1. The molecule has 8 aromatic carbocycles. The zero-order valence-corrected chi connectivity index (χ0v) is 30.9. The molecule has 5 heteroatoms. The first-order valence-corrected chi connectivity index (χ1v) is 20.6. The third kappa shape index (κ3) is 4.86.